The van der Waals surface area contributed by atoms with Gasteiger partial charge in [-0.05, 0) is 31.2 Å². The SMILES string of the molecule is COc1ccccc1O[C@H](C)C(=O)N(C)c1ccccc1. The van der Waals surface area contributed by atoms with Crippen LogP contribution in [0.2, 0.25) is 0 Å². The molecular formula is C17H19NO3. The van der Waals surface area contributed by atoms with Crippen LogP contribution in [-0.2, 0) is 4.79 Å². The number of carbonyl (C=O) groups excluding carboxylic acids is 1. The maximum absolute atomic E-state index is 12.4. The highest BCUT2D eigenvalue weighted by molar-refractivity contribution is 5.96. The number of anilines is 1. The van der Waals surface area contributed by atoms with E-state index < -0.39 is 6.10 Å². The van der Waals surface area contributed by atoms with Gasteiger partial charge in [-0.1, -0.05) is 30.3 Å². The van der Waals surface area contributed by atoms with Crippen molar-refractivity contribution in [2.75, 3.05) is 19.1 Å². The lowest BCUT2D eigenvalue weighted by atomic mass is 10.2. The zero-order valence-corrected chi connectivity index (χ0v) is 12.4. The number of nitrogens with zero attached hydrogens (tertiary/aromatic N) is 1. The number of rotatable bonds is 5. The van der Waals surface area contributed by atoms with Gasteiger partial charge in [0, 0.05) is 12.7 Å². The third-order valence-corrected chi connectivity index (χ3v) is 3.19. The molecule has 0 spiro atoms. The Hall–Kier alpha value is -2.49. The summed E-state index contributed by atoms with van der Waals surface area (Å²) in [4.78, 5) is 14.0. The minimum Gasteiger partial charge on any atom is -0.493 e. The molecule has 1 atom stereocenters. The van der Waals surface area contributed by atoms with Crippen LogP contribution in [-0.4, -0.2) is 26.2 Å². The smallest absolute Gasteiger partial charge is 0.267 e. The first-order valence-corrected chi connectivity index (χ1v) is 6.75. The summed E-state index contributed by atoms with van der Waals surface area (Å²) in [5.74, 6) is 1.05. The van der Waals surface area contributed by atoms with Crippen LogP contribution in [0.1, 0.15) is 6.92 Å². The number of ether oxygens (including phenoxy) is 2. The number of carbonyl (C=O) groups is 1. The van der Waals surface area contributed by atoms with E-state index in [1.165, 1.54) is 0 Å². The van der Waals surface area contributed by atoms with Gasteiger partial charge in [-0.25, -0.2) is 0 Å². The van der Waals surface area contributed by atoms with Crippen molar-refractivity contribution in [3.63, 3.8) is 0 Å². The van der Waals surface area contributed by atoms with Gasteiger partial charge >= 0.3 is 0 Å². The average molecular weight is 285 g/mol. The molecule has 2 aromatic rings. The van der Waals surface area contributed by atoms with Crippen LogP contribution in [0.5, 0.6) is 11.5 Å². The van der Waals surface area contributed by atoms with Crippen LogP contribution in [0.25, 0.3) is 0 Å². The molecule has 0 saturated heterocycles. The van der Waals surface area contributed by atoms with Crippen molar-refractivity contribution in [3.05, 3.63) is 54.6 Å². The second kappa shape index (κ2) is 6.79. The molecule has 21 heavy (non-hydrogen) atoms. The fourth-order valence-electron chi connectivity index (χ4n) is 2.01. The summed E-state index contributed by atoms with van der Waals surface area (Å²) in [5.41, 5.74) is 0.831. The summed E-state index contributed by atoms with van der Waals surface area (Å²) in [5, 5.41) is 0. The van der Waals surface area contributed by atoms with Gasteiger partial charge in [0.05, 0.1) is 7.11 Å². The summed E-state index contributed by atoms with van der Waals surface area (Å²) >= 11 is 0. The molecule has 0 aliphatic rings. The summed E-state index contributed by atoms with van der Waals surface area (Å²) in [7, 11) is 3.31. The van der Waals surface area contributed by atoms with Crippen molar-refractivity contribution in [1.29, 1.82) is 0 Å². The predicted octanol–water partition coefficient (Wildman–Crippen LogP) is 3.13. The van der Waals surface area contributed by atoms with E-state index in [0.717, 1.165) is 5.69 Å². The summed E-state index contributed by atoms with van der Waals surface area (Å²) in [6, 6.07) is 16.7. The third kappa shape index (κ3) is 3.54. The molecule has 2 aromatic carbocycles. The van der Waals surface area contributed by atoms with Crippen LogP contribution >= 0.6 is 0 Å². The minimum atomic E-state index is -0.605. The van der Waals surface area contributed by atoms with Gasteiger partial charge in [0.15, 0.2) is 17.6 Å². The molecule has 0 N–H and O–H groups in total. The second-order valence-corrected chi connectivity index (χ2v) is 4.64. The first-order valence-electron chi connectivity index (χ1n) is 6.75. The molecule has 0 radical (unpaired) electrons. The topological polar surface area (TPSA) is 38.8 Å². The Morgan fingerprint density at radius 2 is 1.57 bits per heavy atom. The number of para-hydroxylation sites is 3. The molecule has 0 aliphatic carbocycles. The Balaban J connectivity index is 2.09. The van der Waals surface area contributed by atoms with Gasteiger partial charge in [-0.2, -0.15) is 0 Å². The van der Waals surface area contributed by atoms with Gasteiger partial charge in [0.25, 0.3) is 5.91 Å². The lowest BCUT2D eigenvalue weighted by Crippen LogP contribution is -2.38. The predicted molar refractivity (Wildman–Crippen MR) is 82.9 cm³/mol. The highest BCUT2D eigenvalue weighted by Crippen LogP contribution is 2.27. The van der Waals surface area contributed by atoms with E-state index in [4.69, 9.17) is 9.47 Å². The van der Waals surface area contributed by atoms with E-state index in [9.17, 15) is 4.79 Å². The number of methoxy groups -OCH3 is 1. The maximum atomic E-state index is 12.4. The zero-order valence-electron chi connectivity index (χ0n) is 12.4. The molecule has 0 saturated carbocycles. The molecule has 0 fully saturated rings. The minimum absolute atomic E-state index is 0.118. The average Bonchev–Trinajstić information content (AvgIpc) is 2.54. The van der Waals surface area contributed by atoms with E-state index in [0.29, 0.717) is 11.5 Å². The van der Waals surface area contributed by atoms with Gasteiger partial charge in [0.2, 0.25) is 0 Å². The molecule has 4 nitrogen and oxygen atoms in total. The van der Waals surface area contributed by atoms with Crippen molar-refractivity contribution in [1.82, 2.24) is 0 Å². The van der Waals surface area contributed by atoms with Crippen LogP contribution in [0, 0.1) is 0 Å². The van der Waals surface area contributed by atoms with E-state index in [1.807, 2.05) is 42.5 Å². The van der Waals surface area contributed by atoms with Crippen molar-refractivity contribution in [3.8, 4) is 11.5 Å². The van der Waals surface area contributed by atoms with Gasteiger partial charge in [-0.15, -0.1) is 0 Å². The lowest BCUT2D eigenvalue weighted by Gasteiger charge is -2.22. The van der Waals surface area contributed by atoms with E-state index in [2.05, 4.69) is 0 Å². The molecule has 110 valence electrons. The van der Waals surface area contributed by atoms with Gasteiger partial charge in [-0.3, -0.25) is 4.79 Å². The van der Waals surface area contributed by atoms with Crippen LogP contribution in [0.15, 0.2) is 54.6 Å². The number of hydrogen-bond donors (Lipinski definition) is 0. The molecule has 0 heterocycles. The number of hydrogen-bond acceptors (Lipinski definition) is 3. The second-order valence-electron chi connectivity index (χ2n) is 4.64. The summed E-state index contributed by atoms with van der Waals surface area (Å²) < 4.78 is 10.9. The number of benzene rings is 2. The highest BCUT2D eigenvalue weighted by atomic mass is 16.5. The molecule has 2 rings (SSSR count). The Morgan fingerprint density at radius 3 is 2.19 bits per heavy atom. The molecule has 0 aliphatic heterocycles. The maximum Gasteiger partial charge on any atom is 0.267 e. The molecule has 4 heteroatoms. The van der Waals surface area contributed by atoms with Crippen molar-refractivity contribution < 1.29 is 14.3 Å². The van der Waals surface area contributed by atoms with Crippen molar-refractivity contribution >= 4 is 11.6 Å². The quantitative estimate of drug-likeness (QED) is 0.847. The van der Waals surface area contributed by atoms with Crippen molar-refractivity contribution in [2.45, 2.75) is 13.0 Å². The zero-order chi connectivity index (χ0) is 15.2. The molecule has 0 aromatic heterocycles. The van der Waals surface area contributed by atoms with Crippen LogP contribution < -0.4 is 14.4 Å². The summed E-state index contributed by atoms with van der Waals surface area (Å²) in [6.45, 7) is 1.73. The van der Waals surface area contributed by atoms with E-state index in [1.54, 1.807) is 38.1 Å². The number of likely N-dealkylation sites (N-methyl/N-ethyl adjacent to an activating group) is 1. The Morgan fingerprint density at radius 1 is 1.00 bits per heavy atom. The Labute approximate surface area is 124 Å². The van der Waals surface area contributed by atoms with Gasteiger partial charge < -0.3 is 14.4 Å². The number of amides is 1. The fourth-order valence-corrected chi connectivity index (χ4v) is 2.01. The van der Waals surface area contributed by atoms with E-state index >= 15 is 0 Å². The molecule has 1 amide bonds. The molecular weight excluding hydrogens is 266 g/mol. The monoisotopic (exact) mass is 285 g/mol. The molecule has 0 unspecified atom stereocenters. The lowest BCUT2D eigenvalue weighted by molar-refractivity contribution is -0.124. The highest BCUT2D eigenvalue weighted by Gasteiger charge is 2.21. The Bertz CT molecular complexity index is 598. The Kier molecular flexibility index (Phi) is 4.82. The first kappa shape index (κ1) is 14.9. The van der Waals surface area contributed by atoms with Crippen LogP contribution in [0.4, 0.5) is 5.69 Å². The normalized spacial score (nSPS) is 11.6. The third-order valence-electron chi connectivity index (χ3n) is 3.19. The molecule has 0 bridgehead atoms. The fraction of sp³-hybridized carbons (Fsp3) is 0.235. The van der Waals surface area contributed by atoms with Crippen LogP contribution in [0.3, 0.4) is 0 Å². The van der Waals surface area contributed by atoms with Gasteiger partial charge in [0.1, 0.15) is 0 Å². The first-order chi connectivity index (χ1) is 10.1. The van der Waals surface area contributed by atoms with E-state index in [-0.39, 0.29) is 5.91 Å². The summed E-state index contributed by atoms with van der Waals surface area (Å²) in [6.07, 6.45) is -0.605. The standard InChI is InChI=1S/C17H19NO3/c1-13(21-16-12-8-7-11-15(16)20-3)17(19)18(2)14-9-5-4-6-10-14/h4-13H,1-3H3/t13-/m1/s1. The van der Waals surface area contributed by atoms with Crippen molar-refractivity contribution in [2.24, 2.45) is 0 Å². The largest absolute Gasteiger partial charge is 0.493 e.